The molecule has 0 aliphatic heterocycles. The fourth-order valence-electron chi connectivity index (χ4n) is 2.38. The molecular weight excluding hydrogens is 353 g/mol. The number of rotatable bonds is 5. The molecule has 3 nitrogen and oxygen atoms in total. The van der Waals surface area contributed by atoms with Crippen LogP contribution in [0.1, 0.15) is 16.7 Å². The lowest BCUT2D eigenvalue weighted by atomic mass is 10.0. The van der Waals surface area contributed by atoms with Gasteiger partial charge in [0, 0.05) is 11.1 Å². The first-order valence-corrected chi connectivity index (χ1v) is 8.09. The fraction of sp³-hybridized carbons (Fsp3) is 0.0476. The van der Waals surface area contributed by atoms with Crippen molar-refractivity contribution >= 4 is 11.9 Å². The Balaban J connectivity index is 1.82. The van der Waals surface area contributed by atoms with E-state index in [1.54, 1.807) is 0 Å². The molecule has 136 valence electrons. The first-order valence-electron chi connectivity index (χ1n) is 8.09. The molecule has 0 atom stereocenters. The summed E-state index contributed by atoms with van der Waals surface area (Å²) >= 11 is 0. The summed E-state index contributed by atoms with van der Waals surface area (Å²) in [5.41, 5.74) is 3.13. The first kappa shape index (κ1) is 18.4. The summed E-state index contributed by atoms with van der Waals surface area (Å²) in [6.07, 6.45) is -3.23. The lowest BCUT2D eigenvalue weighted by Gasteiger charge is -2.08. The minimum absolute atomic E-state index is 0.280. The summed E-state index contributed by atoms with van der Waals surface area (Å²) in [7, 11) is 0. The zero-order valence-electron chi connectivity index (χ0n) is 14.1. The van der Waals surface area contributed by atoms with Gasteiger partial charge in [0.05, 0.1) is 6.21 Å². The average molecular weight is 368 g/mol. The van der Waals surface area contributed by atoms with E-state index in [0.717, 1.165) is 11.1 Å². The largest absolute Gasteiger partial charge is 0.573 e. The van der Waals surface area contributed by atoms with Gasteiger partial charge in [-0.05, 0) is 29.8 Å². The molecule has 0 heterocycles. The number of alkyl halides is 3. The second-order valence-electron chi connectivity index (χ2n) is 5.54. The van der Waals surface area contributed by atoms with Crippen molar-refractivity contribution in [2.45, 2.75) is 6.36 Å². The molecule has 0 aromatic heterocycles. The van der Waals surface area contributed by atoms with E-state index in [1.807, 2.05) is 60.7 Å². The molecular formula is C21H15F3N2O. The van der Waals surface area contributed by atoms with Crippen LogP contribution in [0.3, 0.4) is 0 Å². The third-order valence-electron chi connectivity index (χ3n) is 3.57. The van der Waals surface area contributed by atoms with E-state index in [1.165, 1.54) is 30.5 Å². The van der Waals surface area contributed by atoms with Crippen LogP contribution in [-0.2, 0) is 0 Å². The highest BCUT2D eigenvalue weighted by Gasteiger charge is 2.30. The molecule has 0 N–H and O–H groups in total. The molecule has 0 saturated heterocycles. The Morgan fingerprint density at radius 1 is 0.741 bits per heavy atom. The van der Waals surface area contributed by atoms with Crippen molar-refractivity contribution in [2.75, 3.05) is 0 Å². The van der Waals surface area contributed by atoms with E-state index in [2.05, 4.69) is 14.9 Å². The monoisotopic (exact) mass is 368 g/mol. The summed E-state index contributed by atoms with van der Waals surface area (Å²) in [4.78, 5) is 0. The normalized spacial score (nSPS) is 11.4. The quantitative estimate of drug-likeness (QED) is 0.435. The van der Waals surface area contributed by atoms with Crippen molar-refractivity contribution in [3.63, 3.8) is 0 Å². The van der Waals surface area contributed by atoms with Crippen LogP contribution in [0, 0.1) is 0 Å². The molecule has 3 aromatic rings. The number of halogens is 3. The third-order valence-corrected chi connectivity index (χ3v) is 3.57. The lowest BCUT2D eigenvalue weighted by molar-refractivity contribution is -0.274. The Hall–Kier alpha value is -3.41. The summed E-state index contributed by atoms with van der Waals surface area (Å²) < 4.78 is 40.4. The molecule has 0 unspecified atom stereocenters. The minimum Gasteiger partial charge on any atom is -0.406 e. The zero-order valence-corrected chi connectivity index (χ0v) is 14.1. The van der Waals surface area contributed by atoms with E-state index in [-0.39, 0.29) is 5.75 Å². The van der Waals surface area contributed by atoms with Gasteiger partial charge in [0.15, 0.2) is 0 Å². The zero-order chi connectivity index (χ0) is 19.1. The molecule has 0 aliphatic rings. The molecule has 27 heavy (non-hydrogen) atoms. The maximum absolute atomic E-state index is 12.2. The highest BCUT2D eigenvalue weighted by molar-refractivity contribution is 6.12. The molecule has 0 saturated carbocycles. The van der Waals surface area contributed by atoms with Crippen LogP contribution in [0.4, 0.5) is 13.2 Å². The topological polar surface area (TPSA) is 34.0 Å². The molecule has 0 spiro atoms. The standard InChI is InChI=1S/C21H15F3N2O/c22-21(23,24)27-19-13-11-16(12-14-19)15-25-26-20(17-7-3-1-4-8-17)18-9-5-2-6-10-18/h1-15H. The number of ether oxygens (including phenoxy) is 1. The van der Waals surface area contributed by atoms with E-state index in [4.69, 9.17) is 0 Å². The third kappa shape index (κ3) is 5.54. The van der Waals surface area contributed by atoms with Crippen LogP contribution < -0.4 is 4.74 Å². The maximum Gasteiger partial charge on any atom is 0.573 e. The van der Waals surface area contributed by atoms with Gasteiger partial charge in [0.2, 0.25) is 0 Å². The van der Waals surface area contributed by atoms with Gasteiger partial charge in [-0.3, -0.25) is 0 Å². The summed E-state index contributed by atoms with van der Waals surface area (Å²) in [6, 6.07) is 24.6. The van der Waals surface area contributed by atoms with Gasteiger partial charge in [0.25, 0.3) is 0 Å². The summed E-state index contributed by atoms with van der Waals surface area (Å²) in [5, 5.41) is 8.42. The lowest BCUT2D eigenvalue weighted by Crippen LogP contribution is -2.16. The molecule has 3 aromatic carbocycles. The van der Waals surface area contributed by atoms with E-state index < -0.39 is 6.36 Å². The first-order chi connectivity index (χ1) is 13.0. The Morgan fingerprint density at radius 3 is 1.74 bits per heavy atom. The minimum atomic E-state index is -4.71. The van der Waals surface area contributed by atoms with Gasteiger partial charge >= 0.3 is 6.36 Å². The number of benzene rings is 3. The smallest absolute Gasteiger partial charge is 0.406 e. The second-order valence-corrected chi connectivity index (χ2v) is 5.54. The number of hydrogen-bond acceptors (Lipinski definition) is 3. The van der Waals surface area contributed by atoms with Crippen molar-refractivity contribution in [1.82, 2.24) is 0 Å². The molecule has 3 rings (SSSR count). The molecule has 6 heteroatoms. The van der Waals surface area contributed by atoms with E-state index in [0.29, 0.717) is 11.3 Å². The van der Waals surface area contributed by atoms with Crippen LogP contribution in [0.15, 0.2) is 95.1 Å². The molecule has 0 fully saturated rings. The molecule has 0 radical (unpaired) electrons. The van der Waals surface area contributed by atoms with Crippen molar-refractivity contribution in [3.8, 4) is 5.75 Å². The fourth-order valence-corrected chi connectivity index (χ4v) is 2.38. The van der Waals surface area contributed by atoms with Crippen molar-refractivity contribution in [3.05, 3.63) is 102 Å². The molecule has 0 aliphatic carbocycles. The van der Waals surface area contributed by atoms with Crippen LogP contribution in [0.2, 0.25) is 0 Å². The van der Waals surface area contributed by atoms with E-state index in [9.17, 15) is 13.2 Å². The van der Waals surface area contributed by atoms with Gasteiger partial charge in [-0.25, -0.2) is 0 Å². The van der Waals surface area contributed by atoms with Crippen molar-refractivity contribution in [2.24, 2.45) is 10.2 Å². The van der Waals surface area contributed by atoms with Crippen LogP contribution in [0.5, 0.6) is 5.75 Å². The Bertz CT molecular complexity index is 878. The Kier molecular flexibility index (Phi) is 5.66. The van der Waals surface area contributed by atoms with Gasteiger partial charge in [-0.15, -0.1) is 18.3 Å². The predicted octanol–water partition coefficient (Wildman–Crippen LogP) is 5.46. The highest BCUT2D eigenvalue weighted by atomic mass is 19.4. The predicted molar refractivity (Wildman–Crippen MR) is 99.2 cm³/mol. The summed E-state index contributed by atoms with van der Waals surface area (Å²) in [6.45, 7) is 0. The molecule has 0 bridgehead atoms. The van der Waals surface area contributed by atoms with Crippen molar-refractivity contribution in [1.29, 1.82) is 0 Å². The highest BCUT2D eigenvalue weighted by Crippen LogP contribution is 2.22. The van der Waals surface area contributed by atoms with E-state index >= 15 is 0 Å². The SMILES string of the molecule is FC(F)(F)Oc1ccc(C=NN=C(c2ccccc2)c2ccccc2)cc1. The van der Waals surface area contributed by atoms with Crippen LogP contribution >= 0.6 is 0 Å². The van der Waals surface area contributed by atoms with Gasteiger partial charge < -0.3 is 4.74 Å². The molecule has 0 amide bonds. The second kappa shape index (κ2) is 8.31. The Labute approximate surface area is 154 Å². The summed E-state index contributed by atoms with van der Waals surface area (Å²) in [5.74, 6) is -0.280. The van der Waals surface area contributed by atoms with Crippen LogP contribution in [-0.4, -0.2) is 18.3 Å². The van der Waals surface area contributed by atoms with Gasteiger partial charge in [-0.2, -0.15) is 5.10 Å². The van der Waals surface area contributed by atoms with Gasteiger partial charge in [0.1, 0.15) is 11.5 Å². The van der Waals surface area contributed by atoms with Crippen LogP contribution in [0.25, 0.3) is 0 Å². The van der Waals surface area contributed by atoms with Gasteiger partial charge in [-0.1, -0.05) is 60.7 Å². The maximum atomic E-state index is 12.2. The van der Waals surface area contributed by atoms with Crippen molar-refractivity contribution < 1.29 is 17.9 Å². The Morgan fingerprint density at radius 2 is 1.26 bits per heavy atom. The number of hydrogen-bond donors (Lipinski definition) is 0. The average Bonchev–Trinajstić information content (AvgIpc) is 2.67. The number of nitrogens with zero attached hydrogens (tertiary/aromatic N) is 2.